The Balaban J connectivity index is 1.36. The third kappa shape index (κ3) is 4.47. The lowest BCUT2D eigenvalue weighted by molar-refractivity contribution is 0.102. The number of anilines is 3. The van der Waals surface area contributed by atoms with E-state index in [1.165, 1.54) is 29.5 Å². The first-order valence-corrected chi connectivity index (χ1v) is 9.66. The van der Waals surface area contributed by atoms with Crippen molar-refractivity contribution in [2.75, 3.05) is 16.0 Å². The lowest BCUT2D eigenvalue weighted by atomic mass is 10.2. The number of urea groups is 1. The monoisotopic (exact) mass is 420 g/mol. The third-order valence-corrected chi connectivity index (χ3v) is 5.04. The van der Waals surface area contributed by atoms with E-state index in [2.05, 4.69) is 20.9 Å². The second-order valence-electron chi connectivity index (χ2n) is 6.33. The molecule has 3 amide bonds. The first kappa shape index (κ1) is 19.2. The fourth-order valence-corrected chi connectivity index (χ4v) is 3.61. The van der Waals surface area contributed by atoms with Crippen molar-refractivity contribution in [2.45, 2.75) is 0 Å². The molecule has 150 valence electrons. The number of carbonyl (C=O) groups excluding carboxylic acids is 2. The number of nitrogens with zero attached hydrogens (tertiary/aromatic N) is 1. The molecule has 0 aliphatic rings. The van der Waals surface area contributed by atoms with E-state index >= 15 is 0 Å². The number of fused-ring (bicyclic) bond motifs is 1. The molecule has 30 heavy (non-hydrogen) atoms. The first-order valence-electron chi connectivity index (χ1n) is 8.84. The Morgan fingerprint density at radius 2 is 1.50 bits per heavy atom. The lowest BCUT2D eigenvalue weighted by Crippen LogP contribution is -2.19. The Hall–Kier alpha value is -4.11. The number of phenolic OH excluding ortho intramolecular Hbond substituents is 2. The van der Waals surface area contributed by atoms with Crippen LogP contribution in [-0.4, -0.2) is 27.1 Å². The van der Waals surface area contributed by atoms with Crippen LogP contribution in [0.5, 0.6) is 11.5 Å². The zero-order valence-electron chi connectivity index (χ0n) is 15.4. The van der Waals surface area contributed by atoms with Crippen LogP contribution in [0.4, 0.5) is 21.3 Å². The fraction of sp³-hybridized carbons (Fsp3) is 0. The van der Waals surface area contributed by atoms with Gasteiger partial charge in [-0.15, -0.1) is 0 Å². The number of amides is 3. The minimum Gasteiger partial charge on any atom is -0.508 e. The van der Waals surface area contributed by atoms with Gasteiger partial charge in [-0.1, -0.05) is 17.4 Å². The molecule has 0 atom stereocenters. The van der Waals surface area contributed by atoms with Crippen LogP contribution in [0.15, 0.2) is 66.7 Å². The fourth-order valence-electron chi connectivity index (χ4n) is 2.71. The first-order chi connectivity index (χ1) is 14.5. The Kier molecular flexibility index (Phi) is 5.19. The highest BCUT2D eigenvalue weighted by Gasteiger charge is 2.10. The highest BCUT2D eigenvalue weighted by atomic mass is 32.1. The summed E-state index contributed by atoms with van der Waals surface area (Å²) in [5.74, 6) is -0.206. The molecule has 1 heterocycles. The van der Waals surface area contributed by atoms with E-state index in [-0.39, 0.29) is 17.4 Å². The van der Waals surface area contributed by atoms with Crippen LogP contribution >= 0.6 is 11.3 Å². The van der Waals surface area contributed by atoms with Gasteiger partial charge in [0.15, 0.2) is 5.13 Å². The number of thiazole rings is 1. The summed E-state index contributed by atoms with van der Waals surface area (Å²) in [5.41, 5.74) is 2.09. The van der Waals surface area contributed by atoms with Crippen molar-refractivity contribution in [2.24, 2.45) is 0 Å². The molecular formula is C21H16N4O4S. The van der Waals surface area contributed by atoms with Crippen molar-refractivity contribution in [3.05, 3.63) is 72.3 Å². The molecule has 0 bridgehead atoms. The Morgan fingerprint density at radius 1 is 0.800 bits per heavy atom. The van der Waals surface area contributed by atoms with Crippen LogP contribution < -0.4 is 16.0 Å². The van der Waals surface area contributed by atoms with Gasteiger partial charge in [-0.25, -0.2) is 9.78 Å². The lowest BCUT2D eigenvalue weighted by Gasteiger charge is -2.08. The molecule has 8 nitrogen and oxygen atoms in total. The Morgan fingerprint density at radius 3 is 2.23 bits per heavy atom. The molecule has 0 saturated heterocycles. The maximum absolute atomic E-state index is 12.2. The minimum absolute atomic E-state index is 0.0122. The average Bonchev–Trinajstić information content (AvgIpc) is 3.10. The zero-order chi connectivity index (χ0) is 21.1. The number of rotatable bonds is 4. The molecule has 9 heteroatoms. The molecule has 0 aliphatic heterocycles. The van der Waals surface area contributed by atoms with E-state index in [1.54, 1.807) is 48.5 Å². The summed E-state index contributed by atoms with van der Waals surface area (Å²) in [6, 6.07) is 17.0. The number of aromatic nitrogens is 1. The quantitative estimate of drug-likeness (QED) is 0.330. The van der Waals surface area contributed by atoms with Crippen LogP contribution in [0.2, 0.25) is 0 Å². The second-order valence-corrected chi connectivity index (χ2v) is 7.36. The van der Waals surface area contributed by atoms with Crippen molar-refractivity contribution < 1.29 is 19.8 Å². The SMILES string of the molecule is O=C(Nc1ccc(NC(=O)c2cccc(O)c2)cc1)Nc1nc2ccc(O)cc2s1. The van der Waals surface area contributed by atoms with Crippen LogP contribution in [-0.2, 0) is 0 Å². The van der Waals surface area contributed by atoms with Gasteiger partial charge in [0.1, 0.15) is 11.5 Å². The van der Waals surface area contributed by atoms with Crippen LogP contribution in [0.3, 0.4) is 0 Å². The van der Waals surface area contributed by atoms with Gasteiger partial charge in [-0.3, -0.25) is 10.1 Å². The molecule has 0 spiro atoms. The molecule has 1 aromatic heterocycles. The normalized spacial score (nSPS) is 10.5. The maximum Gasteiger partial charge on any atom is 0.325 e. The third-order valence-electron chi connectivity index (χ3n) is 4.10. The summed E-state index contributed by atoms with van der Waals surface area (Å²) < 4.78 is 0.761. The van der Waals surface area contributed by atoms with Crippen molar-refractivity contribution in [3.8, 4) is 11.5 Å². The van der Waals surface area contributed by atoms with Gasteiger partial charge in [0.05, 0.1) is 10.2 Å². The standard InChI is InChI=1S/C21H16N4O4S/c26-15-3-1-2-12(10-15)19(28)22-13-4-6-14(7-5-13)23-20(29)25-21-24-17-9-8-16(27)11-18(17)30-21/h1-11,26-27H,(H,22,28)(H2,23,24,25,29). The Bertz CT molecular complexity index is 1240. The molecule has 3 aromatic carbocycles. The van der Waals surface area contributed by atoms with Gasteiger partial charge >= 0.3 is 6.03 Å². The van der Waals surface area contributed by atoms with E-state index < -0.39 is 6.03 Å². The number of benzene rings is 3. The van der Waals surface area contributed by atoms with Crippen molar-refractivity contribution in [1.82, 2.24) is 4.98 Å². The second kappa shape index (κ2) is 8.10. The van der Waals surface area contributed by atoms with E-state index in [1.807, 2.05) is 0 Å². The number of hydrogen-bond donors (Lipinski definition) is 5. The predicted octanol–water partition coefficient (Wildman–Crippen LogP) is 4.60. The molecule has 4 aromatic rings. The zero-order valence-corrected chi connectivity index (χ0v) is 16.2. The highest BCUT2D eigenvalue weighted by molar-refractivity contribution is 7.22. The van der Waals surface area contributed by atoms with Gasteiger partial charge < -0.3 is 20.8 Å². The summed E-state index contributed by atoms with van der Waals surface area (Å²) in [5, 5.41) is 27.4. The number of nitrogens with one attached hydrogen (secondary N) is 3. The molecular weight excluding hydrogens is 404 g/mol. The number of phenols is 2. The van der Waals surface area contributed by atoms with E-state index in [4.69, 9.17) is 0 Å². The summed E-state index contributed by atoms with van der Waals surface area (Å²) in [6.07, 6.45) is 0. The van der Waals surface area contributed by atoms with Gasteiger partial charge in [0.2, 0.25) is 0 Å². The van der Waals surface area contributed by atoms with Crippen molar-refractivity contribution in [3.63, 3.8) is 0 Å². The van der Waals surface area contributed by atoms with E-state index in [9.17, 15) is 19.8 Å². The number of carbonyl (C=O) groups is 2. The molecule has 0 fully saturated rings. The van der Waals surface area contributed by atoms with Gasteiger partial charge in [-0.05, 0) is 60.7 Å². The van der Waals surface area contributed by atoms with Crippen LogP contribution in [0.25, 0.3) is 10.2 Å². The molecule has 0 aliphatic carbocycles. The molecule has 5 N–H and O–H groups in total. The van der Waals surface area contributed by atoms with Crippen molar-refractivity contribution >= 4 is 50.0 Å². The minimum atomic E-state index is -0.463. The molecule has 4 rings (SSSR count). The largest absolute Gasteiger partial charge is 0.508 e. The number of aromatic hydroxyl groups is 2. The van der Waals surface area contributed by atoms with Crippen LogP contribution in [0, 0.1) is 0 Å². The van der Waals surface area contributed by atoms with Gasteiger partial charge in [0, 0.05) is 16.9 Å². The molecule has 0 radical (unpaired) electrons. The summed E-state index contributed by atoms with van der Waals surface area (Å²) in [7, 11) is 0. The summed E-state index contributed by atoms with van der Waals surface area (Å²) in [4.78, 5) is 28.7. The number of hydrogen-bond acceptors (Lipinski definition) is 6. The predicted molar refractivity (Wildman–Crippen MR) is 116 cm³/mol. The highest BCUT2D eigenvalue weighted by Crippen LogP contribution is 2.28. The van der Waals surface area contributed by atoms with Crippen molar-refractivity contribution in [1.29, 1.82) is 0 Å². The Labute approximate surface area is 174 Å². The topological polar surface area (TPSA) is 124 Å². The maximum atomic E-state index is 12.2. The smallest absolute Gasteiger partial charge is 0.325 e. The van der Waals surface area contributed by atoms with Gasteiger partial charge in [-0.2, -0.15) is 0 Å². The summed E-state index contributed by atoms with van der Waals surface area (Å²) >= 11 is 1.25. The van der Waals surface area contributed by atoms with Gasteiger partial charge in [0.25, 0.3) is 5.91 Å². The molecule has 0 unspecified atom stereocenters. The average molecular weight is 420 g/mol. The molecule has 0 saturated carbocycles. The van der Waals surface area contributed by atoms with E-state index in [0.717, 1.165) is 4.70 Å². The summed E-state index contributed by atoms with van der Waals surface area (Å²) in [6.45, 7) is 0. The van der Waals surface area contributed by atoms with E-state index in [0.29, 0.717) is 27.6 Å². The van der Waals surface area contributed by atoms with Crippen LogP contribution in [0.1, 0.15) is 10.4 Å².